The first-order valence-electron chi connectivity index (χ1n) is 8.25. The monoisotopic (exact) mass is 304 g/mol. The molecule has 0 N–H and O–H groups in total. The lowest BCUT2D eigenvalue weighted by Crippen LogP contribution is -1.92. The average molecular weight is 304 g/mol. The minimum atomic E-state index is -0.323. The molecule has 0 aliphatic heterocycles. The standard InChI is InChI=1S/C20H32O2/c1-6-17(2)12-10-11-14-19(4)16-18(3)13-8-7-9-15-20(21)22-5/h7-9,11,14-18H,6,10,12-13H2,1-5H3/b8-7+,14-11+,15-9+,19-16+/t17-,18-/m1/s1. The molecule has 0 aliphatic rings. The highest BCUT2D eigenvalue weighted by Gasteiger charge is 1.96. The van der Waals surface area contributed by atoms with Crippen molar-refractivity contribution in [3.63, 3.8) is 0 Å². The lowest BCUT2D eigenvalue weighted by molar-refractivity contribution is -0.134. The molecule has 0 amide bonds. The number of esters is 1. The fourth-order valence-electron chi connectivity index (χ4n) is 2.00. The van der Waals surface area contributed by atoms with Crippen LogP contribution in [0.1, 0.15) is 53.4 Å². The molecule has 0 unspecified atom stereocenters. The van der Waals surface area contributed by atoms with E-state index in [1.165, 1.54) is 31.6 Å². The maximum absolute atomic E-state index is 10.9. The van der Waals surface area contributed by atoms with Gasteiger partial charge in [-0.3, -0.25) is 0 Å². The van der Waals surface area contributed by atoms with E-state index in [9.17, 15) is 4.79 Å². The zero-order valence-corrected chi connectivity index (χ0v) is 14.8. The van der Waals surface area contributed by atoms with E-state index in [0.717, 1.165) is 18.8 Å². The van der Waals surface area contributed by atoms with E-state index in [2.05, 4.69) is 56.7 Å². The molecular weight excluding hydrogens is 272 g/mol. The molecule has 0 saturated carbocycles. The molecule has 0 spiro atoms. The van der Waals surface area contributed by atoms with Crippen molar-refractivity contribution in [1.82, 2.24) is 0 Å². The number of ether oxygens (including phenoxy) is 1. The van der Waals surface area contributed by atoms with Crippen LogP contribution >= 0.6 is 0 Å². The highest BCUT2D eigenvalue weighted by molar-refractivity contribution is 5.82. The summed E-state index contributed by atoms with van der Waals surface area (Å²) in [4.78, 5) is 10.9. The van der Waals surface area contributed by atoms with Crippen LogP contribution in [0.2, 0.25) is 0 Å². The van der Waals surface area contributed by atoms with Crippen LogP contribution in [0, 0.1) is 11.8 Å². The van der Waals surface area contributed by atoms with Crippen LogP contribution in [0.3, 0.4) is 0 Å². The Morgan fingerprint density at radius 2 is 1.86 bits per heavy atom. The number of rotatable bonds is 10. The van der Waals surface area contributed by atoms with Gasteiger partial charge in [0.1, 0.15) is 0 Å². The van der Waals surface area contributed by atoms with E-state index in [0.29, 0.717) is 5.92 Å². The van der Waals surface area contributed by atoms with Gasteiger partial charge in [-0.2, -0.15) is 0 Å². The van der Waals surface area contributed by atoms with E-state index in [1.807, 2.05) is 6.08 Å². The van der Waals surface area contributed by atoms with Gasteiger partial charge in [0, 0.05) is 6.08 Å². The van der Waals surface area contributed by atoms with Crippen LogP contribution in [0.25, 0.3) is 0 Å². The van der Waals surface area contributed by atoms with Crippen molar-refractivity contribution in [2.24, 2.45) is 11.8 Å². The van der Waals surface area contributed by atoms with Gasteiger partial charge in [0.05, 0.1) is 7.11 Å². The Morgan fingerprint density at radius 3 is 2.50 bits per heavy atom. The minimum absolute atomic E-state index is 0.323. The zero-order chi connectivity index (χ0) is 16.8. The Bertz CT molecular complexity index is 413. The van der Waals surface area contributed by atoms with Crippen molar-refractivity contribution in [3.8, 4) is 0 Å². The molecule has 0 fully saturated rings. The van der Waals surface area contributed by atoms with E-state index in [1.54, 1.807) is 6.08 Å². The Morgan fingerprint density at radius 1 is 1.14 bits per heavy atom. The first-order valence-corrected chi connectivity index (χ1v) is 8.25. The van der Waals surface area contributed by atoms with Crippen LogP contribution in [-0.2, 0) is 9.53 Å². The summed E-state index contributed by atoms with van der Waals surface area (Å²) >= 11 is 0. The second-order valence-electron chi connectivity index (χ2n) is 5.93. The van der Waals surface area contributed by atoms with Gasteiger partial charge in [-0.05, 0) is 38.0 Å². The van der Waals surface area contributed by atoms with Gasteiger partial charge in [-0.1, -0.05) is 69.2 Å². The normalized spacial score (nSPS) is 15.8. The van der Waals surface area contributed by atoms with E-state index >= 15 is 0 Å². The van der Waals surface area contributed by atoms with Gasteiger partial charge < -0.3 is 4.74 Å². The zero-order valence-electron chi connectivity index (χ0n) is 14.8. The van der Waals surface area contributed by atoms with Crippen molar-refractivity contribution in [2.45, 2.75) is 53.4 Å². The molecule has 0 aromatic heterocycles. The van der Waals surface area contributed by atoms with Gasteiger partial charge in [0.15, 0.2) is 0 Å². The highest BCUT2D eigenvalue weighted by atomic mass is 16.5. The van der Waals surface area contributed by atoms with Gasteiger partial charge >= 0.3 is 5.97 Å². The summed E-state index contributed by atoms with van der Waals surface area (Å²) in [6.45, 7) is 8.90. The van der Waals surface area contributed by atoms with E-state index in [4.69, 9.17) is 0 Å². The van der Waals surface area contributed by atoms with Crippen molar-refractivity contribution in [2.75, 3.05) is 7.11 Å². The van der Waals surface area contributed by atoms with Gasteiger partial charge in [-0.25, -0.2) is 4.79 Å². The topological polar surface area (TPSA) is 26.3 Å². The predicted molar refractivity (Wildman–Crippen MR) is 95.7 cm³/mol. The van der Waals surface area contributed by atoms with Gasteiger partial charge in [-0.15, -0.1) is 0 Å². The van der Waals surface area contributed by atoms with Crippen molar-refractivity contribution >= 4 is 5.97 Å². The molecule has 22 heavy (non-hydrogen) atoms. The molecular formula is C20H32O2. The van der Waals surface area contributed by atoms with Crippen LogP contribution in [0.15, 0.2) is 48.1 Å². The van der Waals surface area contributed by atoms with E-state index < -0.39 is 0 Å². The number of carbonyl (C=O) groups is 1. The molecule has 2 heteroatoms. The second kappa shape index (κ2) is 13.1. The number of carbonyl (C=O) groups excluding carboxylic acids is 1. The first kappa shape index (κ1) is 20.4. The number of allylic oxidation sites excluding steroid dienone is 7. The van der Waals surface area contributed by atoms with Gasteiger partial charge in [0.2, 0.25) is 0 Å². The lowest BCUT2D eigenvalue weighted by Gasteiger charge is -2.05. The maximum Gasteiger partial charge on any atom is 0.330 e. The Hall–Kier alpha value is -1.57. The lowest BCUT2D eigenvalue weighted by atomic mass is 10.0. The quantitative estimate of drug-likeness (QED) is 0.297. The summed E-state index contributed by atoms with van der Waals surface area (Å²) in [5.41, 5.74) is 1.31. The summed E-state index contributed by atoms with van der Waals surface area (Å²) in [5, 5.41) is 0. The summed E-state index contributed by atoms with van der Waals surface area (Å²) in [5.74, 6) is 0.981. The average Bonchev–Trinajstić information content (AvgIpc) is 2.50. The molecule has 0 saturated heterocycles. The fraction of sp³-hybridized carbons (Fsp3) is 0.550. The second-order valence-corrected chi connectivity index (χ2v) is 5.93. The van der Waals surface area contributed by atoms with Crippen molar-refractivity contribution in [1.29, 1.82) is 0 Å². The highest BCUT2D eigenvalue weighted by Crippen LogP contribution is 2.12. The first-order chi connectivity index (χ1) is 10.5. The summed E-state index contributed by atoms with van der Waals surface area (Å²) in [6, 6.07) is 0. The molecule has 0 aliphatic carbocycles. The molecule has 2 nitrogen and oxygen atoms in total. The van der Waals surface area contributed by atoms with Crippen molar-refractivity contribution in [3.05, 3.63) is 48.1 Å². The summed E-state index contributed by atoms with van der Waals surface area (Å²) < 4.78 is 4.52. The number of methoxy groups -OCH3 is 1. The van der Waals surface area contributed by atoms with Crippen LogP contribution in [0.5, 0.6) is 0 Å². The SMILES string of the molecule is CC[C@@H](C)CC/C=C/C(C)=C/[C@H](C)C/C=C/C=C/C(=O)OC. The smallest absolute Gasteiger partial charge is 0.330 e. The molecule has 2 atom stereocenters. The summed E-state index contributed by atoms with van der Waals surface area (Å²) in [6.07, 6.45) is 18.5. The summed E-state index contributed by atoms with van der Waals surface area (Å²) in [7, 11) is 1.38. The third kappa shape index (κ3) is 12.2. The van der Waals surface area contributed by atoms with Gasteiger partial charge in [0.25, 0.3) is 0 Å². The Kier molecular flexibility index (Phi) is 12.2. The molecule has 0 aromatic carbocycles. The molecule has 124 valence electrons. The predicted octanol–water partition coefficient (Wildman–Crippen LogP) is 5.63. The minimum Gasteiger partial charge on any atom is -0.466 e. The maximum atomic E-state index is 10.9. The number of hydrogen-bond donors (Lipinski definition) is 0. The Balaban J connectivity index is 4.08. The van der Waals surface area contributed by atoms with Crippen LogP contribution in [0.4, 0.5) is 0 Å². The van der Waals surface area contributed by atoms with Crippen molar-refractivity contribution < 1.29 is 9.53 Å². The third-order valence-electron chi connectivity index (χ3n) is 3.64. The van der Waals surface area contributed by atoms with Crippen LogP contribution < -0.4 is 0 Å². The molecule has 0 bridgehead atoms. The Labute approximate surface area is 136 Å². The number of hydrogen-bond acceptors (Lipinski definition) is 2. The third-order valence-corrected chi connectivity index (χ3v) is 3.64. The molecule has 0 heterocycles. The molecule has 0 rings (SSSR count). The largest absolute Gasteiger partial charge is 0.466 e. The van der Waals surface area contributed by atoms with Crippen LogP contribution in [-0.4, -0.2) is 13.1 Å². The molecule has 0 aromatic rings. The molecule has 0 radical (unpaired) electrons. The van der Waals surface area contributed by atoms with E-state index in [-0.39, 0.29) is 5.97 Å². The fourth-order valence-corrected chi connectivity index (χ4v) is 2.00.